The van der Waals surface area contributed by atoms with Gasteiger partial charge >= 0.3 is 17.9 Å². The SMILES string of the molecule is CN(C)CC(=O)OC1CCC2(C)C(CCC3(C)C2C(=O)C=C2C4CC(C)(C(=O)O)CCC4(C)CCC23C)C1(C)C(=O)O. The highest BCUT2D eigenvalue weighted by atomic mass is 16.5. The molecule has 5 rings (SSSR count). The minimum absolute atomic E-state index is 0.0265. The van der Waals surface area contributed by atoms with Crippen molar-refractivity contribution >= 4 is 23.7 Å². The number of carbonyl (C=O) groups excluding carboxylic acids is 2. The number of carbonyl (C=O) groups is 4. The number of carboxylic acid groups (broad SMARTS) is 2. The second kappa shape index (κ2) is 9.64. The Labute approximate surface area is 250 Å². The van der Waals surface area contributed by atoms with E-state index in [-0.39, 0.29) is 46.3 Å². The predicted octanol–water partition coefficient (Wildman–Crippen LogP) is 5.59. The number of ketones is 1. The van der Waals surface area contributed by atoms with Gasteiger partial charge in [0.1, 0.15) is 11.5 Å². The van der Waals surface area contributed by atoms with Gasteiger partial charge in [-0.05, 0) is 125 Å². The zero-order valence-electron chi connectivity index (χ0n) is 26.8. The fourth-order valence-corrected chi connectivity index (χ4v) is 11.0. The van der Waals surface area contributed by atoms with Gasteiger partial charge < -0.3 is 14.9 Å². The molecule has 10 atom stereocenters. The van der Waals surface area contributed by atoms with E-state index in [1.54, 1.807) is 25.9 Å². The quantitative estimate of drug-likeness (QED) is 0.401. The molecule has 234 valence electrons. The molecule has 8 heteroatoms. The van der Waals surface area contributed by atoms with E-state index in [0.717, 1.165) is 24.8 Å². The Balaban J connectivity index is 1.56. The number of hydrogen-bond acceptors (Lipinski definition) is 6. The topological polar surface area (TPSA) is 121 Å². The molecule has 5 aliphatic rings. The predicted molar refractivity (Wildman–Crippen MR) is 157 cm³/mol. The standard InChI is InChI=1S/C34H51NO7/c1-29-13-14-30(2,27(38)39)18-21(29)20-17-22(36)26-31(3)11-10-24(42-25(37)19-35(7)8)34(6,28(40)41)23(31)9-12-33(26,5)32(20,4)16-15-29/h17,21,23-24,26H,9-16,18-19H2,1-8H3,(H,38,39)(H,40,41). The lowest BCUT2D eigenvalue weighted by Gasteiger charge is -2.70. The number of rotatable bonds is 5. The van der Waals surface area contributed by atoms with Crippen molar-refractivity contribution in [3.8, 4) is 0 Å². The number of ether oxygens (including phenoxy) is 1. The van der Waals surface area contributed by atoms with Crippen molar-refractivity contribution in [3.63, 3.8) is 0 Å². The number of hydrogen-bond donors (Lipinski definition) is 2. The van der Waals surface area contributed by atoms with Crippen LogP contribution < -0.4 is 0 Å². The van der Waals surface area contributed by atoms with E-state index in [9.17, 15) is 29.4 Å². The summed E-state index contributed by atoms with van der Waals surface area (Å²) in [4.78, 5) is 54.3. The molecule has 0 aromatic heterocycles. The fraction of sp³-hybridized carbons (Fsp3) is 0.824. The van der Waals surface area contributed by atoms with Crippen molar-refractivity contribution in [3.05, 3.63) is 11.6 Å². The lowest BCUT2D eigenvalue weighted by Crippen LogP contribution is -2.68. The number of likely N-dealkylation sites (N-methyl/N-ethyl adjacent to an activating group) is 1. The van der Waals surface area contributed by atoms with Crippen LogP contribution in [0, 0.1) is 50.2 Å². The van der Waals surface area contributed by atoms with E-state index in [4.69, 9.17) is 4.74 Å². The van der Waals surface area contributed by atoms with Crippen molar-refractivity contribution in [1.82, 2.24) is 4.90 Å². The molecule has 8 nitrogen and oxygen atoms in total. The van der Waals surface area contributed by atoms with Gasteiger partial charge in [-0.1, -0.05) is 33.3 Å². The monoisotopic (exact) mass is 585 g/mol. The maximum atomic E-state index is 14.5. The highest BCUT2D eigenvalue weighted by Gasteiger charge is 2.72. The van der Waals surface area contributed by atoms with E-state index in [1.807, 2.05) is 13.0 Å². The number of aliphatic carboxylic acids is 2. The summed E-state index contributed by atoms with van der Waals surface area (Å²) in [5.41, 5.74) is -2.24. The van der Waals surface area contributed by atoms with Crippen LogP contribution in [0.4, 0.5) is 0 Å². The van der Waals surface area contributed by atoms with Crippen LogP contribution in [0.1, 0.15) is 99.3 Å². The van der Waals surface area contributed by atoms with Crippen LogP contribution in [-0.4, -0.2) is 65.5 Å². The molecule has 0 aromatic rings. The van der Waals surface area contributed by atoms with Gasteiger partial charge in [-0.25, -0.2) is 0 Å². The van der Waals surface area contributed by atoms with Gasteiger partial charge in [0, 0.05) is 5.92 Å². The lowest BCUT2D eigenvalue weighted by atomic mass is 9.33. The number of allylic oxidation sites excluding steroid dienone is 2. The van der Waals surface area contributed by atoms with Crippen LogP contribution in [-0.2, 0) is 23.9 Å². The Kier molecular flexibility index (Phi) is 7.16. The van der Waals surface area contributed by atoms with Crippen LogP contribution in [0.3, 0.4) is 0 Å². The summed E-state index contributed by atoms with van der Waals surface area (Å²) in [5, 5.41) is 20.8. The van der Waals surface area contributed by atoms with Crippen molar-refractivity contribution < 1.29 is 34.1 Å². The van der Waals surface area contributed by atoms with Crippen molar-refractivity contribution in [1.29, 1.82) is 0 Å². The Morgan fingerprint density at radius 2 is 1.55 bits per heavy atom. The maximum Gasteiger partial charge on any atom is 0.320 e. The Morgan fingerprint density at radius 1 is 0.905 bits per heavy atom. The molecule has 5 aliphatic carbocycles. The minimum atomic E-state index is -1.31. The molecule has 4 fully saturated rings. The van der Waals surface area contributed by atoms with Gasteiger partial charge in [0.2, 0.25) is 0 Å². The van der Waals surface area contributed by atoms with E-state index < -0.39 is 40.3 Å². The first-order valence-electron chi connectivity index (χ1n) is 15.9. The molecule has 0 amide bonds. The Hall–Kier alpha value is -2.22. The highest BCUT2D eigenvalue weighted by Crippen LogP contribution is 2.75. The molecule has 0 heterocycles. The van der Waals surface area contributed by atoms with Gasteiger partial charge in [-0.2, -0.15) is 0 Å². The minimum Gasteiger partial charge on any atom is -0.481 e. The molecule has 0 bridgehead atoms. The number of fused-ring (bicyclic) bond motifs is 7. The van der Waals surface area contributed by atoms with Gasteiger partial charge in [-0.3, -0.25) is 24.1 Å². The largest absolute Gasteiger partial charge is 0.481 e. The van der Waals surface area contributed by atoms with Crippen molar-refractivity contribution in [2.24, 2.45) is 50.2 Å². The van der Waals surface area contributed by atoms with E-state index in [0.29, 0.717) is 38.5 Å². The van der Waals surface area contributed by atoms with E-state index in [1.165, 1.54) is 0 Å². The average Bonchev–Trinajstić information content (AvgIpc) is 2.87. The zero-order chi connectivity index (χ0) is 31.3. The molecule has 0 aromatic carbocycles. The smallest absolute Gasteiger partial charge is 0.320 e. The van der Waals surface area contributed by atoms with Gasteiger partial charge in [0.25, 0.3) is 0 Å². The molecule has 2 N–H and O–H groups in total. The first-order valence-corrected chi connectivity index (χ1v) is 15.9. The average molecular weight is 586 g/mol. The molecule has 0 saturated heterocycles. The summed E-state index contributed by atoms with van der Waals surface area (Å²) in [7, 11) is 3.55. The van der Waals surface area contributed by atoms with Crippen LogP contribution in [0.15, 0.2) is 11.6 Å². The summed E-state index contributed by atoms with van der Waals surface area (Å²) in [6.45, 7) is 12.6. The lowest BCUT2D eigenvalue weighted by molar-refractivity contribution is -0.221. The molecular formula is C34H51NO7. The molecule has 0 aliphatic heterocycles. The first kappa shape index (κ1) is 31.2. The maximum absolute atomic E-state index is 14.5. The number of nitrogens with zero attached hydrogens (tertiary/aromatic N) is 1. The molecule has 42 heavy (non-hydrogen) atoms. The van der Waals surface area contributed by atoms with Gasteiger partial charge in [0.15, 0.2) is 5.78 Å². The van der Waals surface area contributed by atoms with Crippen LogP contribution in [0.5, 0.6) is 0 Å². The third-order valence-electron chi connectivity index (χ3n) is 13.9. The molecule has 0 radical (unpaired) electrons. The van der Waals surface area contributed by atoms with Crippen molar-refractivity contribution in [2.45, 2.75) is 105 Å². The van der Waals surface area contributed by atoms with Gasteiger partial charge in [0.05, 0.1) is 12.0 Å². The van der Waals surface area contributed by atoms with Crippen molar-refractivity contribution in [2.75, 3.05) is 20.6 Å². The second-order valence-electron chi connectivity index (χ2n) is 16.4. The highest BCUT2D eigenvalue weighted by molar-refractivity contribution is 5.96. The van der Waals surface area contributed by atoms with Gasteiger partial charge in [-0.15, -0.1) is 0 Å². The summed E-state index contributed by atoms with van der Waals surface area (Å²) in [5.74, 6) is -2.73. The molecular weight excluding hydrogens is 534 g/mol. The third-order valence-corrected chi connectivity index (χ3v) is 13.9. The first-order chi connectivity index (χ1) is 19.3. The number of carboxylic acids is 2. The molecule has 10 unspecified atom stereocenters. The van der Waals surface area contributed by atoms with Crippen LogP contribution in [0.25, 0.3) is 0 Å². The fourth-order valence-electron chi connectivity index (χ4n) is 11.0. The van der Waals surface area contributed by atoms with Crippen LogP contribution >= 0.6 is 0 Å². The summed E-state index contributed by atoms with van der Waals surface area (Å²) in [6, 6.07) is 0. The molecule has 4 saturated carbocycles. The Morgan fingerprint density at radius 3 is 2.14 bits per heavy atom. The summed E-state index contributed by atoms with van der Waals surface area (Å²) >= 11 is 0. The molecule has 0 spiro atoms. The number of esters is 1. The normalized spacial score (nSPS) is 48.2. The van der Waals surface area contributed by atoms with E-state index in [2.05, 4.69) is 27.7 Å². The summed E-state index contributed by atoms with van der Waals surface area (Å²) in [6.07, 6.45) is 7.47. The Bertz CT molecular complexity index is 1240. The second-order valence-corrected chi connectivity index (χ2v) is 16.4. The van der Waals surface area contributed by atoms with E-state index >= 15 is 0 Å². The third kappa shape index (κ3) is 4.09. The van der Waals surface area contributed by atoms with Crippen LogP contribution in [0.2, 0.25) is 0 Å². The summed E-state index contributed by atoms with van der Waals surface area (Å²) < 4.78 is 5.87. The zero-order valence-corrected chi connectivity index (χ0v) is 26.8.